The zero-order valence-electron chi connectivity index (χ0n) is 12.4. The molecule has 1 N–H and O–H groups in total. The molecule has 7 heteroatoms. The highest BCUT2D eigenvalue weighted by Gasteiger charge is 2.14. The van der Waals surface area contributed by atoms with Crippen LogP contribution in [0.25, 0.3) is 5.69 Å². The van der Waals surface area contributed by atoms with Gasteiger partial charge in [0.05, 0.1) is 21.3 Å². The topological polar surface area (TPSA) is 46.9 Å². The van der Waals surface area contributed by atoms with E-state index in [4.69, 9.17) is 23.2 Å². The Bertz CT molecular complexity index is 885. The van der Waals surface area contributed by atoms with E-state index in [1.54, 1.807) is 6.07 Å². The highest BCUT2D eigenvalue weighted by molar-refractivity contribution is 7.20. The van der Waals surface area contributed by atoms with E-state index in [0.29, 0.717) is 19.9 Å². The number of amides is 1. The van der Waals surface area contributed by atoms with Crippen molar-refractivity contribution >= 4 is 46.1 Å². The first-order chi connectivity index (χ1) is 10.9. The predicted octanol–water partition coefficient (Wildman–Crippen LogP) is 5.11. The maximum atomic E-state index is 12.3. The molecule has 1 amide bonds. The maximum Gasteiger partial charge on any atom is 0.258 e. The van der Waals surface area contributed by atoms with E-state index in [-0.39, 0.29) is 5.91 Å². The Balaban J connectivity index is 1.87. The van der Waals surface area contributed by atoms with E-state index >= 15 is 0 Å². The number of nitrogens with one attached hydrogen (secondary N) is 1. The van der Waals surface area contributed by atoms with E-state index in [9.17, 15) is 4.79 Å². The number of hydrogen-bond acceptors (Lipinski definition) is 3. The molecule has 0 aliphatic carbocycles. The van der Waals surface area contributed by atoms with Crippen LogP contribution in [0.15, 0.2) is 36.4 Å². The summed E-state index contributed by atoms with van der Waals surface area (Å²) in [5.41, 5.74) is 3.88. The third kappa shape index (κ3) is 3.42. The Morgan fingerprint density at radius 1 is 1.22 bits per heavy atom. The van der Waals surface area contributed by atoms with Crippen molar-refractivity contribution in [2.24, 2.45) is 0 Å². The molecule has 0 bridgehead atoms. The number of nitrogens with zero attached hydrogens (tertiary/aromatic N) is 2. The third-order valence-electron chi connectivity index (χ3n) is 3.26. The van der Waals surface area contributed by atoms with Crippen molar-refractivity contribution in [3.63, 3.8) is 0 Å². The van der Waals surface area contributed by atoms with Crippen LogP contribution in [0, 0.1) is 13.8 Å². The zero-order valence-corrected chi connectivity index (χ0v) is 14.8. The molecule has 0 saturated heterocycles. The molecule has 0 saturated carbocycles. The molecule has 0 unspecified atom stereocenters. The molecule has 23 heavy (non-hydrogen) atoms. The number of anilines is 1. The van der Waals surface area contributed by atoms with Gasteiger partial charge in [0.15, 0.2) is 0 Å². The summed E-state index contributed by atoms with van der Waals surface area (Å²) in [5.74, 6) is -0.288. The van der Waals surface area contributed by atoms with Crippen LogP contribution in [0.3, 0.4) is 0 Å². The predicted molar refractivity (Wildman–Crippen MR) is 95.3 cm³/mol. The van der Waals surface area contributed by atoms with Gasteiger partial charge < -0.3 is 5.32 Å². The Labute approximate surface area is 147 Å². The SMILES string of the molecule is Cc1cc(C)n(-c2cccc(NC(=O)c3cc(Cl)sc3Cl)c2)n1. The lowest BCUT2D eigenvalue weighted by Crippen LogP contribution is -2.11. The summed E-state index contributed by atoms with van der Waals surface area (Å²) in [7, 11) is 0. The molecular weight excluding hydrogens is 353 g/mol. The summed E-state index contributed by atoms with van der Waals surface area (Å²) in [6, 6.07) is 11.0. The minimum absolute atomic E-state index is 0.288. The van der Waals surface area contributed by atoms with Gasteiger partial charge in [0.25, 0.3) is 5.91 Å². The largest absolute Gasteiger partial charge is 0.322 e. The molecule has 0 aliphatic rings. The lowest BCUT2D eigenvalue weighted by atomic mass is 10.2. The van der Waals surface area contributed by atoms with Crippen molar-refractivity contribution in [2.45, 2.75) is 13.8 Å². The fraction of sp³-hybridized carbons (Fsp3) is 0.125. The molecule has 3 aromatic rings. The Hall–Kier alpha value is -1.82. The summed E-state index contributed by atoms with van der Waals surface area (Å²) >= 11 is 13.1. The summed E-state index contributed by atoms with van der Waals surface area (Å²) < 4.78 is 2.69. The average Bonchev–Trinajstić information content (AvgIpc) is 3.00. The molecule has 0 fully saturated rings. The van der Waals surface area contributed by atoms with Crippen molar-refractivity contribution in [1.82, 2.24) is 9.78 Å². The Morgan fingerprint density at radius 3 is 2.61 bits per heavy atom. The van der Waals surface area contributed by atoms with Crippen molar-refractivity contribution < 1.29 is 4.79 Å². The average molecular weight is 366 g/mol. The fourth-order valence-electron chi connectivity index (χ4n) is 2.30. The van der Waals surface area contributed by atoms with Gasteiger partial charge in [-0.05, 0) is 44.2 Å². The number of carbonyl (C=O) groups excluding carboxylic acids is 1. The van der Waals surface area contributed by atoms with Crippen LogP contribution in [0.1, 0.15) is 21.7 Å². The molecule has 3 rings (SSSR count). The van der Waals surface area contributed by atoms with Gasteiger partial charge in [-0.15, -0.1) is 11.3 Å². The molecule has 0 radical (unpaired) electrons. The number of thiophene rings is 1. The van der Waals surface area contributed by atoms with E-state index in [1.807, 2.05) is 48.9 Å². The molecule has 1 aromatic carbocycles. The smallest absolute Gasteiger partial charge is 0.258 e. The van der Waals surface area contributed by atoms with Crippen molar-refractivity contribution in [3.05, 3.63) is 62.0 Å². The molecular formula is C16H13Cl2N3OS. The molecule has 2 heterocycles. The molecule has 0 spiro atoms. The number of aromatic nitrogens is 2. The number of rotatable bonds is 3. The van der Waals surface area contributed by atoms with Gasteiger partial charge in [0, 0.05) is 11.4 Å². The van der Waals surface area contributed by atoms with E-state index in [1.165, 1.54) is 11.3 Å². The first-order valence-corrected chi connectivity index (χ1v) is 8.41. The van der Waals surface area contributed by atoms with Gasteiger partial charge in [-0.25, -0.2) is 4.68 Å². The zero-order chi connectivity index (χ0) is 16.6. The first-order valence-electron chi connectivity index (χ1n) is 6.84. The van der Waals surface area contributed by atoms with Crippen LogP contribution < -0.4 is 5.32 Å². The summed E-state index contributed by atoms with van der Waals surface area (Å²) in [6.07, 6.45) is 0. The monoisotopic (exact) mass is 365 g/mol. The van der Waals surface area contributed by atoms with Crippen molar-refractivity contribution in [1.29, 1.82) is 0 Å². The van der Waals surface area contributed by atoms with E-state index < -0.39 is 0 Å². The van der Waals surface area contributed by atoms with E-state index in [2.05, 4.69) is 10.4 Å². The van der Waals surface area contributed by atoms with Gasteiger partial charge >= 0.3 is 0 Å². The standard InChI is InChI=1S/C16H13Cl2N3OS/c1-9-6-10(2)21(20-9)12-5-3-4-11(7-12)19-16(22)13-8-14(17)23-15(13)18/h3-8H,1-2H3,(H,19,22). The van der Waals surface area contributed by atoms with Crippen LogP contribution in [-0.2, 0) is 0 Å². The van der Waals surface area contributed by atoms with Gasteiger partial charge in [0.2, 0.25) is 0 Å². The second-order valence-electron chi connectivity index (χ2n) is 5.08. The quantitative estimate of drug-likeness (QED) is 0.700. The van der Waals surface area contributed by atoms with Crippen LogP contribution in [0.4, 0.5) is 5.69 Å². The highest BCUT2D eigenvalue weighted by atomic mass is 35.5. The summed E-state index contributed by atoms with van der Waals surface area (Å²) in [4.78, 5) is 12.3. The molecule has 118 valence electrons. The van der Waals surface area contributed by atoms with Gasteiger partial charge in [0.1, 0.15) is 4.34 Å². The third-order valence-corrected chi connectivity index (χ3v) is 4.75. The maximum absolute atomic E-state index is 12.3. The fourth-order valence-corrected chi connectivity index (χ4v) is 3.76. The van der Waals surface area contributed by atoms with Crippen LogP contribution >= 0.6 is 34.5 Å². The van der Waals surface area contributed by atoms with Gasteiger partial charge in [-0.1, -0.05) is 29.3 Å². The summed E-state index contributed by atoms with van der Waals surface area (Å²) in [5, 5.41) is 7.28. The highest BCUT2D eigenvalue weighted by Crippen LogP contribution is 2.31. The Kier molecular flexibility index (Phi) is 4.43. The minimum Gasteiger partial charge on any atom is -0.322 e. The van der Waals surface area contributed by atoms with Gasteiger partial charge in [-0.3, -0.25) is 4.79 Å². The molecule has 4 nitrogen and oxygen atoms in total. The van der Waals surface area contributed by atoms with Crippen molar-refractivity contribution in [3.8, 4) is 5.69 Å². The number of halogens is 2. The second-order valence-corrected chi connectivity index (χ2v) is 7.37. The van der Waals surface area contributed by atoms with Crippen molar-refractivity contribution in [2.75, 3.05) is 5.32 Å². The van der Waals surface area contributed by atoms with Crippen LogP contribution in [-0.4, -0.2) is 15.7 Å². The van der Waals surface area contributed by atoms with Crippen LogP contribution in [0.2, 0.25) is 8.67 Å². The minimum atomic E-state index is -0.288. The molecule has 2 aromatic heterocycles. The second kappa shape index (κ2) is 6.35. The van der Waals surface area contributed by atoms with Gasteiger partial charge in [-0.2, -0.15) is 5.10 Å². The number of aryl methyl sites for hydroxylation is 2. The van der Waals surface area contributed by atoms with Crippen LogP contribution in [0.5, 0.6) is 0 Å². The number of benzene rings is 1. The molecule has 0 atom stereocenters. The lowest BCUT2D eigenvalue weighted by Gasteiger charge is -2.08. The van der Waals surface area contributed by atoms with E-state index in [0.717, 1.165) is 17.1 Å². The first kappa shape index (κ1) is 16.1. The summed E-state index contributed by atoms with van der Waals surface area (Å²) in [6.45, 7) is 3.93. The normalized spacial score (nSPS) is 10.8. The molecule has 0 aliphatic heterocycles. The Morgan fingerprint density at radius 2 is 2.00 bits per heavy atom. The number of hydrogen-bond donors (Lipinski definition) is 1. The lowest BCUT2D eigenvalue weighted by molar-refractivity contribution is 0.102. The number of carbonyl (C=O) groups is 1.